The second-order valence-corrected chi connectivity index (χ2v) is 5.25. The number of carbonyl (C=O) groups excluding carboxylic acids is 2. The largest absolute Gasteiger partial charge is 0.427 e. The number of urea groups is 1. The normalized spacial score (nSPS) is 10.1. The lowest BCUT2D eigenvalue weighted by molar-refractivity contribution is -0.131. The Morgan fingerprint density at radius 1 is 1.14 bits per heavy atom. The van der Waals surface area contributed by atoms with Crippen LogP contribution in [0.2, 0.25) is 0 Å². The molecule has 0 saturated carbocycles. The Morgan fingerprint density at radius 3 is 2.32 bits per heavy atom. The fraction of sp³-hybridized carbons (Fsp3) is 0.529. The molecule has 0 aliphatic carbocycles. The number of carbonyl (C=O) groups is 2. The molecule has 0 unspecified atom stereocenters. The molecule has 0 radical (unpaired) electrons. The zero-order valence-corrected chi connectivity index (χ0v) is 13.7. The summed E-state index contributed by atoms with van der Waals surface area (Å²) < 4.78 is 5.02. The lowest BCUT2D eigenvalue weighted by Crippen LogP contribution is -2.36. The Labute approximate surface area is 132 Å². The van der Waals surface area contributed by atoms with E-state index in [1.54, 1.807) is 24.3 Å². The quantitative estimate of drug-likeness (QED) is 0.582. The SMILES string of the molecule is CCCCN(CCCC)C(=O)Nc1cccc(OC(C)=O)c1. The van der Waals surface area contributed by atoms with E-state index in [9.17, 15) is 9.59 Å². The van der Waals surface area contributed by atoms with Gasteiger partial charge in [0.2, 0.25) is 0 Å². The maximum Gasteiger partial charge on any atom is 0.321 e. The molecule has 0 aromatic heterocycles. The molecule has 1 rings (SSSR count). The number of nitrogens with zero attached hydrogens (tertiary/aromatic N) is 1. The van der Waals surface area contributed by atoms with Gasteiger partial charge in [-0.1, -0.05) is 32.8 Å². The molecule has 5 heteroatoms. The smallest absolute Gasteiger partial charge is 0.321 e. The maximum absolute atomic E-state index is 12.4. The van der Waals surface area contributed by atoms with Crippen LogP contribution in [0.15, 0.2) is 24.3 Å². The van der Waals surface area contributed by atoms with Gasteiger partial charge in [0.25, 0.3) is 0 Å². The van der Waals surface area contributed by atoms with Gasteiger partial charge in [-0.15, -0.1) is 0 Å². The molecule has 0 aliphatic rings. The van der Waals surface area contributed by atoms with E-state index in [0.29, 0.717) is 11.4 Å². The van der Waals surface area contributed by atoms with Crippen LogP contribution < -0.4 is 10.1 Å². The van der Waals surface area contributed by atoms with E-state index in [0.717, 1.165) is 38.8 Å². The molecule has 0 heterocycles. The molecular formula is C17H26N2O3. The molecule has 0 saturated heterocycles. The molecule has 5 nitrogen and oxygen atoms in total. The van der Waals surface area contributed by atoms with Gasteiger partial charge in [0.05, 0.1) is 0 Å². The van der Waals surface area contributed by atoms with Gasteiger partial charge in [0.15, 0.2) is 0 Å². The van der Waals surface area contributed by atoms with Crippen LogP contribution in [0.3, 0.4) is 0 Å². The Morgan fingerprint density at radius 2 is 1.77 bits per heavy atom. The molecule has 1 aromatic rings. The van der Waals surface area contributed by atoms with Crippen molar-refractivity contribution in [1.29, 1.82) is 0 Å². The summed E-state index contributed by atoms with van der Waals surface area (Å²) in [5.41, 5.74) is 0.627. The predicted molar refractivity (Wildman–Crippen MR) is 88.2 cm³/mol. The first kappa shape index (κ1) is 18.0. The topological polar surface area (TPSA) is 58.6 Å². The van der Waals surface area contributed by atoms with Crippen LogP contribution in [-0.4, -0.2) is 30.0 Å². The van der Waals surface area contributed by atoms with Gasteiger partial charge in [-0.05, 0) is 25.0 Å². The highest BCUT2D eigenvalue weighted by atomic mass is 16.5. The van der Waals surface area contributed by atoms with Crippen molar-refractivity contribution in [3.8, 4) is 5.75 Å². The first-order chi connectivity index (χ1) is 10.6. The summed E-state index contributed by atoms with van der Waals surface area (Å²) in [6.07, 6.45) is 4.09. The van der Waals surface area contributed by atoms with Gasteiger partial charge in [0, 0.05) is 31.8 Å². The minimum Gasteiger partial charge on any atom is -0.427 e. The standard InChI is InChI=1S/C17H26N2O3/c1-4-6-11-19(12-7-5-2)17(21)18-15-9-8-10-16(13-15)22-14(3)20/h8-10,13H,4-7,11-12H2,1-3H3,(H,18,21). The predicted octanol–water partition coefficient (Wildman–Crippen LogP) is 4.05. The summed E-state index contributed by atoms with van der Waals surface area (Å²) in [4.78, 5) is 25.2. The molecule has 122 valence electrons. The number of hydrogen-bond donors (Lipinski definition) is 1. The molecule has 0 fully saturated rings. The summed E-state index contributed by atoms with van der Waals surface area (Å²) in [6, 6.07) is 6.75. The molecule has 0 aliphatic heterocycles. The third kappa shape index (κ3) is 6.61. The number of ether oxygens (including phenoxy) is 1. The zero-order chi connectivity index (χ0) is 16.4. The molecule has 1 N–H and O–H groups in total. The van der Waals surface area contributed by atoms with Crippen molar-refractivity contribution in [2.24, 2.45) is 0 Å². The summed E-state index contributed by atoms with van der Waals surface area (Å²) in [5, 5.41) is 2.87. The van der Waals surface area contributed by atoms with Gasteiger partial charge in [-0.2, -0.15) is 0 Å². The van der Waals surface area contributed by atoms with Gasteiger partial charge >= 0.3 is 12.0 Å². The lowest BCUT2D eigenvalue weighted by atomic mass is 10.2. The monoisotopic (exact) mass is 306 g/mol. The van der Waals surface area contributed by atoms with Crippen LogP contribution in [-0.2, 0) is 4.79 Å². The van der Waals surface area contributed by atoms with E-state index in [4.69, 9.17) is 4.74 Å². The number of amides is 2. The van der Waals surface area contributed by atoms with E-state index >= 15 is 0 Å². The summed E-state index contributed by atoms with van der Waals surface area (Å²) in [6.45, 7) is 7.08. The van der Waals surface area contributed by atoms with Crippen molar-refractivity contribution in [3.05, 3.63) is 24.3 Å². The number of anilines is 1. The molecule has 0 spiro atoms. The van der Waals surface area contributed by atoms with E-state index in [1.807, 2.05) is 4.90 Å². The van der Waals surface area contributed by atoms with Crippen LogP contribution in [0.1, 0.15) is 46.5 Å². The van der Waals surface area contributed by atoms with Crippen molar-refractivity contribution in [2.45, 2.75) is 46.5 Å². The molecule has 0 bridgehead atoms. The minimum atomic E-state index is -0.379. The second-order valence-electron chi connectivity index (χ2n) is 5.25. The van der Waals surface area contributed by atoms with Crippen LogP contribution in [0.4, 0.5) is 10.5 Å². The number of rotatable bonds is 8. The number of hydrogen-bond acceptors (Lipinski definition) is 3. The molecule has 0 atom stereocenters. The zero-order valence-electron chi connectivity index (χ0n) is 13.7. The second kappa shape index (κ2) is 9.82. The van der Waals surface area contributed by atoms with Gasteiger partial charge in [-0.25, -0.2) is 4.79 Å². The minimum absolute atomic E-state index is 0.109. The Balaban J connectivity index is 2.68. The highest BCUT2D eigenvalue weighted by molar-refractivity contribution is 5.89. The van der Waals surface area contributed by atoms with Crippen molar-refractivity contribution >= 4 is 17.7 Å². The van der Waals surface area contributed by atoms with Crippen molar-refractivity contribution in [2.75, 3.05) is 18.4 Å². The van der Waals surface area contributed by atoms with Crippen LogP contribution >= 0.6 is 0 Å². The van der Waals surface area contributed by atoms with Crippen LogP contribution in [0.5, 0.6) is 5.75 Å². The third-order valence-corrected chi connectivity index (χ3v) is 3.20. The Hall–Kier alpha value is -2.04. The van der Waals surface area contributed by atoms with Gasteiger partial charge in [-0.3, -0.25) is 4.79 Å². The molecular weight excluding hydrogens is 280 g/mol. The van der Waals surface area contributed by atoms with Gasteiger partial charge in [0.1, 0.15) is 5.75 Å². The maximum atomic E-state index is 12.4. The summed E-state index contributed by atoms with van der Waals surface area (Å²) in [7, 11) is 0. The summed E-state index contributed by atoms with van der Waals surface area (Å²) in [5.74, 6) is 0.0509. The number of unbranched alkanes of at least 4 members (excludes halogenated alkanes) is 2. The van der Waals surface area contributed by atoms with E-state index in [1.165, 1.54) is 6.92 Å². The Bertz CT molecular complexity index is 481. The van der Waals surface area contributed by atoms with E-state index < -0.39 is 0 Å². The molecule has 2 amide bonds. The van der Waals surface area contributed by atoms with Gasteiger partial charge < -0.3 is 15.0 Å². The van der Waals surface area contributed by atoms with Crippen molar-refractivity contribution in [1.82, 2.24) is 4.90 Å². The molecule has 22 heavy (non-hydrogen) atoms. The Kier molecular flexibility index (Phi) is 8.04. The summed E-state index contributed by atoms with van der Waals surface area (Å²) >= 11 is 0. The average Bonchev–Trinajstić information content (AvgIpc) is 2.47. The first-order valence-electron chi connectivity index (χ1n) is 7.91. The van der Waals surface area contributed by atoms with E-state index in [2.05, 4.69) is 19.2 Å². The van der Waals surface area contributed by atoms with Crippen LogP contribution in [0.25, 0.3) is 0 Å². The molecule has 1 aromatic carbocycles. The number of benzene rings is 1. The van der Waals surface area contributed by atoms with Crippen molar-refractivity contribution in [3.63, 3.8) is 0 Å². The van der Waals surface area contributed by atoms with Crippen molar-refractivity contribution < 1.29 is 14.3 Å². The number of esters is 1. The first-order valence-corrected chi connectivity index (χ1v) is 7.91. The fourth-order valence-electron chi connectivity index (χ4n) is 2.02. The average molecular weight is 306 g/mol. The lowest BCUT2D eigenvalue weighted by Gasteiger charge is -2.23. The number of nitrogens with one attached hydrogen (secondary N) is 1. The highest BCUT2D eigenvalue weighted by Crippen LogP contribution is 2.18. The third-order valence-electron chi connectivity index (χ3n) is 3.20. The fourth-order valence-corrected chi connectivity index (χ4v) is 2.02. The highest BCUT2D eigenvalue weighted by Gasteiger charge is 2.13. The van der Waals surface area contributed by atoms with Crippen LogP contribution in [0, 0.1) is 0 Å². The van der Waals surface area contributed by atoms with E-state index in [-0.39, 0.29) is 12.0 Å².